The molecule has 0 bridgehead atoms. The Balaban J connectivity index is 1.23. The molecule has 1 aliphatic rings. The first-order valence-electron chi connectivity index (χ1n) is 16.8. The Hall–Kier alpha value is -5.61. The molecule has 9 aromatic rings. The van der Waals surface area contributed by atoms with E-state index in [2.05, 4.69) is 164 Å². The van der Waals surface area contributed by atoms with Crippen molar-refractivity contribution in [2.24, 2.45) is 0 Å². The number of nitrogens with zero attached hydrogens (tertiary/aromatic N) is 3. The van der Waals surface area contributed by atoms with Crippen LogP contribution in [0.2, 0.25) is 0 Å². The maximum Gasteiger partial charge on any atom is 0.182 e. The van der Waals surface area contributed by atoms with Gasteiger partial charge in [-0.05, 0) is 87.8 Å². The van der Waals surface area contributed by atoms with E-state index in [1.165, 1.54) is 60.5 Å². The summed E-state index contributed by atoms with van der Waals surface area (Å²) in [6.45, 7) is 11.5. The minimum absolute atomic E-state index is 0.0711. The number of oxazole rings is 1. The van der Waals surface area contributed by atoms with Crippen LogP contribution in [-0.2, 0) is 10.8 Å². The zero-order valence-corrected chi connectivity index (χ0v) is 27.8. The van der Waals surface area contributed by atoms with Crippen LogP contribution in [0.1, 0.15) is 51.3 Å². The molecule has 3 aromatic heterocycles. The fourth-order valence-corrected chi connectivity index (χ4v) is 8.39. The van der Waals surface area contributed by atoms with Crippen LogP contribution in [-0.4, -0.2) is 9.38 Å². The van der Waals surface area contributed by atoms with Crippen molar-refractivity contribution in [3.63, 3.8) is 0 Å². The van der Waals surface area contributed by atoms with Gasteiger partial charge < -0.3 is 13.7 Å². The fraction of sp³-hybridized carbons (Fsp3) is 0.159. The summed E-state index contributed by atoms with van der Waals surface area (Å²) in [6.07, 6.45) is 1.57. The van der Waals surface area contributed by atoms with Gasteiger partial charge in [-0.2, -0.15) is 0 Å². The SMILES string of the molecule is CC(C)(C)c1ccc(N(c2ccc3c(c2)C(C)(C)c2ccccc2-3)c2ccc3c(c2)c2cc4ncoc4c4c5ccccc5n3c24)cc1. The van der Waals surface area contributed by atoms with Crippen LogP contribution >= 0.6 is 0 Å². The van der Waals surface area contributed by atoms with Crippen LogP contribution in [0.15, 0.2) is 126 Å². The molecule has 0 unspecified atom stereocenters. The molecule has 0 fully saturated rings. The smallest absolute Gasteiger partial charge is 0.182 e. The lowest BCUT2D eigenvalue weighted by Gasteiger charge is -2.29. The van der Waals surface area contributed by atoms with E-state index < -0.39 is 0 Å². The first-order valence-corrected chi connectivity index (χ1v) is 16.8. The molecule has 0 aliphatic heterocycles. The van der Waals surface area contributed by atoms with E-state index in [9.17, 15) is 0 Å². The summed E-state index contributed by atoms with van der Waals surface area (Å²) >= 11 is 0. The van der Waals surface area contributed by atoms with Gasteiger partial charge in [-0.3, -0.25) is 0 Å². The fourth-order valence-electron chi connectivity index (χ4n) is 8.39. The maximum atomic E-state index is 5.99. The molecule has 6 aromatic carbocycles. The number of anilines is 3. The van der Waals surface area contributed by atoms with Gasteiger partial charge in [-0.25, -0.2) is 4.98 Å². The molecule has 4 nitrogen and oxygen atoms in total. The Labute approximate surface area is 279 Å². The van der Waals surface area contributed by atoms with Gasteiger partial charge in [0.05, 0.1) is 21.9 Å². The van der Waals surface area contributed by atoms with E-state index in [4.69, 9.17) is 4.42 Å². The van der Waals surface area contributed by atoms with Crippen molar-refractivity contribution in [1.29, 1.82) is 0 Å². The van der Waals surface area contributed by atoms with Crippen molar-refractivity contribution < 1.29 is 4.42 Å². The molecule has 0 saturated carbocycles. The lowest BCUT2D eigenvalue weighted by atomic mass is 9.82. The molecule has 1 aliphatic carbocycles. The molecule has 0 radical (unpaired) electrons. The van der Waals surface area contributed by atoms with Crippen molar-refractivity contribution in [1.82, 2.24) is 9.38 Å². The number of hydrogen-bond acceptors (Lipinski definition) is 3. The third kappa shape index (κ3) is 3.58. The first kappa shape index (κ1) is 27.5. The lowest BCUT2D eigenvalue weighted by Crippen LogP contribution is -2.17. The van der Waals surface area contributed by atoms with Crippen LogP contribution in [0.4, 0.5) is 17.1 Å². The summed E-state index contributed by atoms with van der Waals surface area (Å²) in [4.78, 5) is 7.04. The van der Waals surface area contributed by atoms with Gasteiger partial charge >= 0.3 is 0 Å². The molecule has 4 heteroatoms. The quantitative estimate of drug-likeness (QED) is 0.197. The van der Waals surface area contributed by atoms with E-state index in [-0.39, 0.29) is 10.8 Å². The minimum atomic E-state index is -0.0924. The molecule has 0 atom stereocenters. The van der Waals surface area contributed by atoms with Gasteiger partial charge in [0.1, 0.15) is 5.52 Å². The summed E-state index contributed by atoms with van der Waals surface area (Å²) in [5, 5.41) is 4.71. The number of hydrogen-bond donors (Lipinski definition) is 0. The summed E-state index contributed by atoms with van der Waals surface area (Å²) in [7, 11) is 0. The number of para-hydroxylation sites is 1. The summed E-state index contributed by atoms with van der Waals surface area (Å²) in [5.74, 6) is 0. The third-order valence-electron chi connectivity index (χ3n) is 10.8. The van der Waals surface area contributed by atoms with Gasteiger partial charge in [-0.1, -0.05) is 95.3 Å². The van der Waals surface area contributed by atoms with Crippen molar-refractivity contribution in [3.05, 3.63) is 138 Å². The van der Waals surface area contributed by atoms with Gasteiger partial charge in [0.15, 0.2) is 12.0 Å². The van der Waals surface area contributed by atoms with Crippen LogP contribution in [0.5, 0.6) is 0 Å². The van der Waals surface area contributed by atoms with Crippen molar-refractivity contribution in [3.8, 4) is 11.1 Å². The Morgan fingerprint density at radius 1 is 0.646 bits per heavy atom. The largest absolute Gasteiger partial charge is 0.443 e. The normalized spacial score (nSPS) is 14.1. The standard InChI is InChI=1S/C44H35N3O/c1-43(2,3)26-14-16-27(17-15-26)46(29-18-20-31-30-10-6-8-12-35(30)44(4,5)36(31)23-29)28-19-21-39-33(22-28)34-24-37-42(48-25-45-37)40-32-11-7-9-13-38(32)47(39)41(34)40/h6-25H,1-5H3. The Bertz CT molecular complexity index is 2740. The zero-order chi connectivity index (χ0) is 32.5. The van der Waals surface area contributed by atoms with Crippen LogP contribution in [0, 0.1) is 0 Å². The summed E-state index contributed by atoms with van der Waals surface area (Å²) in [5.41, 5.74) is 15.4. The molecule has 0 N–H and O–H groups in total. The lowest BCUT2D eigenvalue weighted by molar-refractivity contribution is 0.590. The van der Waals surface area contributed by atoms with Crippen LogP contribution in [0.3, 0.4) is 0 Å². The number of rotatable bonds is 3. The van der Waals surface area contributed by atoms with Gasteiger partial charge in [0.2, 0.25) is 0 Å². The van der Waals surface area contributed by atoms with Crippen molar-refractivity contribution in [2.45, 2.75) is 45.4 Å². The maximum absolute atomic E-state index is 5.99. The molecule has 0 saturated heterocycles. The highest BCUT2D eigenvalue weighted by Crippen LogP contribution is 2.51. The minimum Gasteiger partial charge on any atom is -0.443 e. The molecule has 0 amide bonds. The van der Waals surface area contributed by atoms with Gasteiger partial charge in [0, 0.05) is 38.6 Å². The molecule has 3 heterocycles. The number of benzene rings is 6. The van der Waals surface area contributed by atoms with E-state index in [1.807, 2.05) is 0 Å². The highest BCUT2D eigenvalue weighted by molar-refractivity contribution is 6.30. The topological polar surface area (TPSA) is 33.7 Å². The predicted molar refractivity (Wildman–Crippen MR) is 200 cm³/mol. The van der Waals surface area contributed by atoms with Gasteiger partial charge in [-0.15, -0.1) is 0 Å². The monoisotopic (exact) mass is 621 g/mol. The van der Waals surface area contributed by atoms with Crippen molar-refractivity contribution >= 4 is 66.3 Å². The van der Waals surface area contributed by atoms with Crippen LogP contribution in [0.25, 0.3) is 60.3 Å². The zero-order valence-electron chi connectivity index (χ0n) is 27.8. The Kier molecular flexibility index (Phi) is 5.30. The highest BCUT2D eigenvalue weighted by Gasteiger charge is 2.36. The number of fused-ring (bicyclic) bond motifs is 11. The molecular formula is C44H35N3O. The average Bonchev–Trinajstić information content (AvgIpc) is 3.83. The molecule has 10 rings (SSSR count). The van der Waals surface area contributed by atoms with E-state index in [0.717, 1.165) is 33.5 Å². The average molecular weight is 622 g/mol. The molecule has 48 heavy (non-hydrogen) atoms. The third-order valence-corrected chi connectivity index (χ3v) is 10.8. The number of aromatic nitrogens is 2. The van der Waals surface area contributed by atoms with Gasteiger partial charge in [0.25, 0.3) is 0 Å². The van der Waals surface area contributed by atoms with Crippen molar-refractivity contribution in [2.75, 3.05) is 4.90 Å². The Morgan fingerprint density at radius 2 is 1.33 bits per heavy atom. The second-order valence-corrected chi connectivity index (χ2v) is 14.9. The molecule has 0 spiro atoms. The highest BCUT2D eigenvalue weighted by atomic mass is 16.3. The van der Waals surface area contributed by atoms with E-state index >= 15 is 0 Å². The van der Waals surface area contributed by atoms with E-state index in [1.54, 1.807) is 6.39 Å². The van der Waals surface area contributed by atoms with E-state index in [0.29, 0.717) is 0 Å². The summed E-state index contributed by atoms with van der Waals surface area (Å²) in [6, 6.07) is 42.7. The summed E-state index contributed by atoms with van der Waals surface area (Å²) < 4.78 is 8.39. The Morgan fingerprint density at radius 3 is 2.17 bits per heavy atom. The molecular weight excluding hydrogens is 587 g/mol. The molecule has 232 valence electrons. The second-order valence-electron chi connectivity index (χ2n) is 14.9. The second kappa shape index (κ2) is 9.26. The first-order chi connectivity index (χ1) is 23.2. The van der Waals surface area contributed by atoms with Crippen LogP contribution < -0.4 is 4.90 Å². The predicted octanol–water partition coefficient (Wildman–Crippen LogP) is 12.1.